The highest BCUT2D eigenvalue weighted by atomic mass is 32.2. The van der Waals surface area contributed by atoms with E-state index >= 15 is 0 Å². The summed E-state index contributed by atoms with van der Waals surface area (Å²) < 4.78 is 10.2. The number of nitrogens with zero attached hydrogens (tertiary/aromatic N) is 3. The van der Waals surface area contributed by atoms with Gasteiger partial charge in [0.15, 0.2) is 5.75 Å². The van der Waals surface area contributed by atoms with E-state index in [2.05, 4.69) is 10.2 Å². The summed E-state index contributed by atoms with van der Waals surface area (Å²) in [6.07, 6.45) is 1.82. The number of hydrogen-bond donors (Lipinski definition) is 1. The van der Waals surface area contributed by atoms with Crippen LogP contribution in [0.25, 0.3) is 6.08 Å². The van der Waals surface area contributed by atoms with E-state index in [4.69, 9.17) is 9.15 Å². The maximum atomic E-state index is 11.4. The lowest BCUT2D eigenvalue weighted by Crippen LogP contribution is -1.98. The van der Waals surface area contributed by atoms with E-state index < -0.39 is 10.9 Å². The third-order valence-corrected chi connectivity index (χ3v) is 3.71. The zero-order valence-corrected chi connectivity index (χ0v) is 13.6. The molecule has 0 radical (unpaired) electrons. The molecule has 0 fully saturated rings. The Kier molecular flexibility index (Phi) is 5.53. The SMILES string of the molecule is CCc1nnc(S/C(=C\c2ccc(OC)c([N+](=O)[O-])c2)C(=O)O)o1. The number of aromatic nitrogens is 2. The van der Waals surface area contributed by atoms with Gasteiger partial charge in [0.25, 0.3) is 5.22 Å². The van der Waals surface area contributed by atoms with Crippen molar-refractivity contribution < 1.29 is 24.0 Å². The Morgan fingerprint density at radius 1 is 1.50 bits per heavy atom. The van der Waals surface area contributed by atoms with Crippen LogP contribution in [0.2, 0.25) is 0 Å². The van der Waals surface area contributed by atoms with Gasteiger partial charge in [0, 0.05) is 12.5 Å². The number of thioether (sulfide) groups is 1. The molecule has 0 aliphatic carbocycles. The molecule has 126 valence electrons. The summed E-state index contributed by atoms with van der Waals surface area (Å²) in [5, 5.41) is 27.9. The van der Waals surface area contributed by atoms with Gasteiger partial charge >= 0.3 is 11.7 Å². The lowest BCUT2D eigenvalue weighted by Gasteiger charge is -2.03. The number of carboxylic acids is 1. The monoisotopic (exact) mass is 351 g/mol. The zero-order chi connectivity index (χ0) is 17.7. The van der Waals surface area contributed by atoms with Crippen molar-refractivity contribution in [3.63, 3.8) is 0 Å². The van der Waals surface area contributed by atoms with Crippen molar-refractivity contribution in [3.8, 4) is 5.75 Å². The Labute approximate surface area is 140 Å². The lowest BCUT2D eigenvalue weighted by molar-refractivity contribution is -0.385. The number of ether oxygens (including phenoxy) is 1. The Hall–Kier alpha value is -2.88. The lowest BCUT2D eigenvalue weighted by atomic mass is 10.1. The molecule has 0 spiro atoms. The van der Waals surface area contributed by atoms with Gasteiger partial charge in [-0.3, -0.25) is 10.1 Å². The van der Waals surface area contributed by atoms with Crippen LogP contribution in [0.15, 0.2) is 32.7 Å². The smallest absolute Gasteiger partial charge is 0.342 e. The summed E-state index contributed by atoms with van der Waals surface area (Å²) in [5.41, 5.74) is 0.0784. The summed E-state index contributed by atoms with van der Waals surface area (Å²) in [6.45, 7) is 1.83. The minimum Gasteiger partial charge on any atom is -0.490 e. The zero-order valence-electron chi connectivity index (χ0n) is 12.8. The van der Waals surface area contributed by atoms with Crippen LogP contribution >= 0.6 is 11.8 Å². The van der Waals surface area contributed by atoms with Crippen molar-refractivity contribution in [1.82, 2.24) is 10.2 Å². The quantitative estimate of drug-likeness (QED) is 0.346. The number of hydrogen-bond acceptors (Lipinski definition) is 8. The Morgan fingerprint density at radius 2 is 2.25 bits per heavy atom. The van der Waals surface area contributed by atoms with Crippen molar-refractivity contribution in [1.29, 1.82) is 0 Å². The molecule has 24 heavy (non-hydrogen) atoms. The van der Waals surface area contributed by atoms with Gasteiger partial charge in [0.1, 0.15) is 4.91 Å². The number of methoxy groups -OCH3 is 1. The van der Waals surface area contributed by atoms with Gasteiger partial charge in [-0.15, -0.1) is 10.2 Å². The molecule has 0 amide bonds. The second-order valence-electron chi connectivity index (χ2n) is 4.42. The topological polar surface area (TPSA) is 129 Å². The number of aliphatic carboxylic acids is 1. The van der Waals surface area contributed by atoms with Gasteiger partial charge in [0.05, 0.1) is 12.0 Å². The van der Waals surface area contributed by atoms with E-state index in [9.17, 15) is 20.0 Å². The number of rotatable bonds is 7. The molecule has 0 aliphatic rings. The molecule has 1 N–H and O–H groups in total. The molecule has 1 heterocycles. The minimum absolute atomic E-state index is 0.0866. The molecular formula is C14H13N3O6S. The van der Waals surface area contributed by atoms with Gasteiger partial charge in [-0.25, -0.2) is 4.79 Å². The number of carbonyl (C=O) groups is 1. The van der Waals surface area contributed by atoms with Crippen LogP contribution < -0.4 is 4.74 Å². The molecule has 10 heteroatoms. The second kappa shape index (κ2) is 7.59. The van der Waals surface area contributed by atoms with Crippen LogP contribution in [0.5, 0.6) is 5.75 Å². The maximum Gasteiger partial charge on any atom is 0.342 e. The van der Waals surface area contributed by atoms with Gasteiger partial charge in [0.2, 0.25) is 5.89 Å². The molecule has 0 bridgehead atoms. The standard InChI is InChI=1S/C14H13N3O6S/c1-3-12-15-16-14(23-12)24-11(13(18)19)7-8-4-5-10(22-2)9(6-8)17(20)21/h4-7H,3H2,1-2H3,(H,18,19)/b11-7-. The predicted octanol–water partition coefficient (Wildman–Crippen LogP) is 2.77. The van der Waals surface area contributed by atoms with Gasteiger partial charge in [-0.2, -0.15) is 0 Å². The highest BCUT2D eigenvalue weighted by Crippen LogP contribution is 2.31. The first-order chi connectivity index (χ1) is 11.4. The van der Waals surface area contributed by atoms with Crippen LogP contribution in [0.4, 0.5) is 5.69 Å². The normalized spacial score (nSPS) is 11.3. The van der Waals surface area contributed by atoms with Crippen LogP contribution in [-0.2, 0) is 11.2 Å². The average Bonchev–Trinajstić information content (AvgIpc) is 3.01. The predicted molar refractivity (Wildman–Crippen MR) is 84.8 cm³/mol. The highest BCUT2D eigenvalue weighted by molar-refractivity contribution is 8.03. The summed E-state index contributed by atoms with van der Waals surface area (Å²) >= 11 is 0.772. The van der Waals surface area contributed by atoms with E-state index in [1.54, 1.807) is 0 Å². The maximum absolute atomic E-state index is 11.4. The van der Waals surface area contributed by atoms with Crippen molar-refractivity contribution in [2.45, 2.75) is 18.6 Å². The van der Waals surface area contributed by atoms with Crippen molar-refractivity contribution in [2.75, 3.05) is 7.11 Å². The summed E-state index contributed by atoms with van der Waals surface area (Å²) in [7, 11) is 1.32. The number of aryl methyl sites for hydroxylation is 1. The van der Waals surface area contributed by atoms with E-state index in [0.717, 1.165) is 11.8 Å². The number of nitro groups is 1. The van der Waals surface area contributed by atoms with Crippen LogP contribution in [0, 0.1) is 10.1 Å². The van der Waals surface area contributed by atoms with Gasteiger partial charge in [-0.05, 0) is 29.5 Å². The molecular weight excluding hydrogens is 338 g/mol. The molecule has 1 aromatic carbocycles. The molecule has 9 nitrogen and oxygen atoms in total. The fourth-order valence-electron chi connectivity index (χ4n) is 1.74. The first-order valence-electron chi connectivity index (χ1n) is 6.72. The molecule has 0 saturated heterocycles. The fraction of sp³-hybridized carbons (Fsp3) is 0.214. The first-order valence-corrected chi connectivity index (χ1v) is 7.54. The van der Waals surface area contributed by atoms with Crippen molar-refractivity contribution in [2.24, 2.45) is 0 Å². The van der Waals surface area contributed by atoms with E-state index in [1.807, 2.05) is 6.92 Å². The van der Waals surface area contributed by atoms with E-state index in [-0.39, 0.29) is 21.6 Å². The Balaban J connectivity index is 2.35. The third kappa shape index (κ3) is 4.10. The number of benzene rings is 1. The summed E-state index contributed by atoms with van der Waals surface area (Å²) in [4.78, 5) is 21.7. The van der Waals surface area contributed by atoms with Gasteiger partial charge < -0.3 is 14.3 Å². The Morgan fingerprint density at radius 3 is 2.79 bits per heavy atom. The second-order valence-corrected chi connectivity index (χ2v) is 5.41. The van der Waals surface area contributed by atoms with Crippen molar-refractivity contribution >= 4 is 29.5 Å². The molecule has 0 aliphatic heterocycles. The van der Waals surface area contributed by atoms with Gasteiger partial charge in [-0.1, -0.05) is 13.0 Å². The summed E-state index contributed by atoms with van der Waals surface area (Å²) in [6, 6.07) is 4.14. The summed E-state index contributed by atoms with van der Waals surface area (Å²) in [5.74, 6) is -0.733. The van der Waals surface area contributed by atoms with E-state index in [0.29, 0.717) is 17.9 Å². The molecule has 2 rings (SSSR count). The molecule has 0 saturated carbocycles. The Bertz CT molecular complexity index is 802. The highest BCUT2D eigenvalue weighted by Gasteiger charge is 2.18. The van der Waals surface area contributed by atoms with Crippen LogP contribution in [0.1, 0.15) is 18.4 Å². The molecule has 0 atom stereocenters. The fourth-order valence-corrected chi connectivity index (χ4v) is 2.43. The van der Waals surface area contributed by atoms with Crippen LogP contribution in [-0.4, -0.2) is 33.3 Å². The van der Waals surface area contributed by atoms with Crippen LogP contribution in [0.3, 0.4) is 0 Å². The first kappa shape index (κ1) is 17.5. The molecule has 1 aromatic heterocycles. The third-order valence-electron chi connectivity index (χ3n) is 2.86. The van der Waals surface area contributed by atoms with E-state index in [1.165, 1.54) is 31.4 Å². The number of nitro benzene ring substituents is 1. The molecule has 0 unspecified atom stereocenters. The average molecular weight is 351 g/mol. The molecule has 2 aromatic rings. The minimum atomic E-state index is -1.21. The van der Waals surface area contributed by atoms with Crippen molar-refractivity contribution in [3.05, 3.63) is 44.7 Å². The number of carboxylic acid groups (broad SMARTS) is 1. The largest absolute Gasteiger partial charge is 0.490 e.